The fourth-order valence-electron chi connectivity index (χ4n) is 1.06. The Balaban J connectivity index is 2.63. The van der Waals surface area contributed by atoms with Crippen LogP contribution >= 0.6 is 0 Å². The number of benzene rings is 1. The number of phenols is 2. The maximum absolute atomic E-state index is 10.5. The molecular weight excluding hydrogens is 194 g/mol. The van der Waals surface area contributed by atoms with Crippen LogP contribution in [0, 0.1) is 0 Å². The van der Waals surface area contributed by atoms with E-state index in [9.17, 15) is 9.90 Å². The number of carbonyl (C=O) groups excluding carboxylic acids is 1. The molecule has 0 spiro atoms. The van der Waals surface area contributed by atoms with Crippen molar-refractivity contribution >= 4 is 12.0 Å². The summed E-state index contributed by atoms with van der Waals surface area (Å²) in [5.41, 5.74) is 0.514. The molecule has 0 saturated carbocycles. The molecule has 0 radical (unpaired) electrons. The molecule has 0 aromatic heterocycles. The number of nitrogens with one attached hydrogen (secondary N) is 1. The molecule has 1 aromatic rings. The van der Waals surface area contributed by atoms with Crippen molar-refractivity contribution in [2.45, 2.75) is 6.92 Å². The maximum atomic E-state index is 10.5. The third-order valence-corrected chi connectivity index (χ3v) is 1.78. The number of hydrogen-bond donors (Lipinski definition) is 3. The normalized spacial score (nSPS) is 10.5. The third-order valence-electron chi connectivity index (χ3n) is 1.78. The highest BCUT2D eigenvalue weighted by atomic mass is 16.3. The first kappa shape index (κ1) is 11.1. The van der Waals surface area contributed by atoms with Crippen LogP contribution in [0.5, 0.6) is 11.5 Å². The Morgan fingerprint density at radius 1 is 1.47 bits per heavy atom. The van der Waals surface area contributed by atoms with E-state index in [2.05, 4.69) is 5.32 Å². The van der Waals surface area contributed by atoms with Gasteiger partial charge in [0, 0.05) is 19.0 Å². The van der Waals surface area contributed by atoms with Gasteiger partial charge in [0.05, 0.1) is 0 Å². The molecule has 0 heterocycles. The molecule has 1 aromatic carbocycles. The standard InChI is InChI=1S/C11H13NO3/c1-8(13)12-6-2-3-9-7-10(14)4-5-11(9)15/h2-5,7,14-15H,6H2,1H3,(H,12,13). The third kappa shape index (κ3) is 3.72. The predicted molar refractivity (Wildman–Crippen MR) is 57.5 cm³/mol. The van der Waals surface area contributed by atoms with Crippen LogP contribution in [0.3, 0.4) is 0 Å². The minimum atomic E-state index is -0.111. The van der Waals surface area contributed by atoms with Crippen molar-refractivity contribution in [1.82, 2.24) is 5.32 Å². The molecule has 0 fully saturated rings. The molecule has 0 atom stereocenters. The van der Waals surface area contributed by atoms with Crippen LogP contribution in [-0.4, -0.2) is 22.7 Å². The Morgan fingerprint density at radius 2 is 2.20 bits per heavy atom. The number of aromatic hydroxyl groups is 2. The summed E-state index contributed by atoms with van der Waals surface area (Å²) in [6, 6.07) is 4.26. The lowest BCUT2D eigenvalue weighted by Gasteiger charge is -2.00. The van der Waals surface area contributed by atoms with Crippen molar-refractivity contribution < 1.29 is 15.0 Å². The van der Waals surface area contributed by atoms with Crippen LogP contribution in [0.2, 0.25) is 0 Å². The Morgan fingerprint density at radius 3 is 2.87 bits per heavy atom. The van der Waals surface area contributed by atoms with Gasteiger partial charge in [0.2, 0.25) is 5.91 Å². The number of amides is 1. The highest BCUT2D eigenvalue weighted by Gasteiger charge is 1.97. The largest absolute Gasteiger partial charge is 0.508 e. The van der Waals surface area contributed by atoms with E-state index in [1.807, 2.05) is 0 Å². The van der Waals surface area contributed by atoms with E-state index in [0.29, 0.717) is 12.1 Å². The average Bonchev–Trinajstić information content (AvgIpc) is 2.17. The van der Waals surface area contributed by atoms with Gasteiger partial charge in [-0.1, -0.05) is 12.2 Å². The average molecular weight is 207 g/mol. The van der Waals surface area contributed by atoms with Crippen LogP contribution in [0.25, 0.3) is 6.08 Å². The predicted octanol–water partition coefficient (Wildman–Crippen LogP) is 1.25. The van der Waals surface area contributed by atoms with Crippen molar-refractivity contribution in [1.29, 1.82) is 0 Å². The second-order valence-corrected chi connectivity index (χ2v) is 3.08. The SMILES string of the molecule is CC(=O)NCC=Cc1cc(O)ccc1O. The van der Waals surface area contributed by atoms with Crippen molar-refractivity contribution in [3.8, 4) is 11.5 Å². The van der Waals surface area contributed by atoms with Crippen molar-refractivity contribution in [3.63, 3.8) is 0 Å². The van der Waals surface area contributed by atoms with Crippen molar-refractivity contribution in [3.05, 3.63) is 29.8 Å². The van der Waals surface area contributed by atoms with Crippen LogP contribution in [-0.2, 0) is 4.79 Å². The van der Waals surface area contributed by atoms with Gasteiger partial charge >= 0.3 is 0 Å². The molecule has 15 heavy (non-hydrogen) atoms. The molecule has 1 amide bonds. The zero-order chi connectivity index (χ0) is 11.3. The summed E-state index contributed by atoms with van der Waals surface area (Å²) in [7, 11) is 0. The van der Waals surface area contributed by atoms with Crippen molar-refractivity contribution in [2.75, 3.05) is 6.54 Å². The lowest BCUT2D eigenvalue weighted by Crippen LogP contribution is -2.19. The van der Waals surface area contributed by atoms with Gasteiger partial charge in [0.1, 0.15) is 11.5 Å². The molecule has 0 aliphatic carbocycles. The molecule has 4 nitrogen and oxygen atoms in total. The van der Waals surface area contributed by atoms with Gasteiger partial charge < -0.3 is 15.5 Å². The van der Waals surface area contributed by atoms with Gasteiger partial charge in [0.25, 0.3) is 0 Å². The number of hydrogen-bond acceptors (Lipinski definition) is 3. The summed E-state index contributed by atoms with van der Waals surface area (Å²) >= 11 is 0. The van der Waals surface area contributed by atoms with E-state index in [1.54, 1.807) is 12.2 Å². The zero-order valence-corrected chi connectivity index (χ0v) is 8.40. The van der Waals surface area contributed by atoms with Gasteiger partial charge in [-0.2, -0.15) is 0 Å². The summed E-state index contributed by atoms with van der Waals surface area (Å²) in [4.78, 5) is 10.5. The zero-order valence-electron chi connectivity index (χ0n) is 8.40. The van der Waals surface area contributed by atoms with Crippen LogP contribution in [0.15, 0.2) is 24.3 Å². The Hall–Kier alpha value is -1.97. The fraction of sp³-hybridized carbons (Fsp3) is 0.182. The minimum Gasteiger partial charge on any atom is -0.508 e. The first-order valence-corrected chi connectivity index (χ1v) is 4.52. The van der Waals surface area contributed by atoms with Crippen LogP contribution in [0.1, 0.15) is 12.5 Å². The van der Waals surface area contributed by atoms with Crippen LogP contribution < -0.4 is 5.32 Å². The van der Waals surface area contributed by atoms with E-state index in [-0.39, 0.29) is 17.4 Å². The van der Waals surface area contributed by atoms with Gasteiger partial charge in [-0.25, -0.2) is 0 Å². The topological polar surface area (TPSA) is 69.6 Å². The number of rotatable bonds is 3. The van der Waals surface area contributed by atoms with Crippen LogP contribution in [0.4, 0.5) is 0 Å². The van der Waals surface area contributed by atoms with E-state index in [1.165, 1.54) is 25.1 Å². The molecule has 3 N–H and O–H groups in total. The minimum absolute atomic E-state index is 0.0897. The molecule has 1 rings (SSSR count). The molecule has 0 aliphatic rings. The molecule has 0 unspecified atom stereocenters. The van der Waals surface area contributed by atoms with Gasteiger partial charge in [0.15, 0.2) is 0 Å². The van der Waals surface area contributed by atoms with Gasteiger partial charge in [-0.05, 0) is 18.2 Å². The lowest BCUT2D eigenvalue weighted by molar-refractivity contribution is -0.118. The lowest BCUT2D eigenvalue weighted by atomic mass is 10.2. The molecular formula is C11H13NO3. The molecule has 4 heteroatoms. The Bertz CT molecular complexity index is 385. The maximum Gasteiger partial charge on any atom is 0.217 e. The van der Waals surface area contributed by atoms with Crippen molar-refractivity contribution in [2.24, 2.45) is 0 Å². The smallest absolute Gasteiger partial charge is 0.217 e. The first-order chi connectivity index (χ1) is 7.09. The summed E-state index contributed by atoms with van der Waals surface area (Å²) in [5.74, 6) is 0.0682. The number of carbonyl (C=O) groups is 1. The highest BCUT2D eigenvalue weighted by Crippen LogP contribution is 2.22. The molecule has 80 valence electrons. The summed E-state index contributed by atoms with van der Waals surface area (Å²) in [5, 5.41) is 21.1. The van der Waals surface area contributed by atoms with E-state index in [4.69, 9.17) is 5.11 Å². The molecule has 0 saturated heterocycles. The van der Waals surface area contributed by atoms with Gasteiger partial charge in [-0.15, -0.1) is 0 Å². The van der Waals surface area contributed by atoms with E-state index >= 15 is 0 Å². The van der Waals surface area contributed by atoms with E-state index < -0.39 is 0 Å². The fourth-order valence-corrected chi connectivity index (χ4v) is 1.06. The monoisotopic (exact) mass is 207 g/mol. The quantitative estimate of drug-likeness (QED) is 0.653. The Kier molecular flexibility index (Phi) is 3.74. The molecule has 0 aliphatic heterocycles. The van der Waals surface area contributed by atoms with E-state index in [0.717, 1.165) is 0 Å². The second-order valence-electron chi connectivity index (χ2n) is 3.08. The summed E-state index contributed by atoms with van der Waals surface area (Å²) < 4.78 is 0. The molecule has 0 bridgehead atoms. The summed E-state index contributed by atoms with van der Waals surface area (Å²) in [6.07, 6.45) is 3.32. The summed E-state index contributed by atoms with van der Waals surface area (Å²) in [6.45, 7) is 1.82. The van der Waals surface area contributed by atoms with Gasteiger partial charge in [-0.3, -0.25) is 4.79 Å². The Labute approximate surface area is 87.9 Å². The first-order valence-electron chi connectivity index (χ1n) is 4.52. The number of phenolic OH excluding ortho intramolecular Hbond substituents is 2. The highest BCUT2D eigenvalue weighted by molar-refractivity contribution is 5.73. The second kappa shape index (κ2) is 5.05.